The van der Waals surface area contributed by atoms with Crippen LogP contribution in [0.1, 0.15) is 50.0 Å². The first-order valence-electron chi connectivity index (χ1n) is 9.79. The van der Waals surface area contributed by atoms with Gasteiger partial charge >= 0.3 is 0 Å². The number of nitrogens with zero attached hydrogens (tertiary/aromatic N) is 4. The van der Waals surface area contributed by atoms with E-state index < -0.39 is 0 Å². The Morgan fingerprint density at radius 2 is 2.08 bits per heavy atom. The van der Waals surface area contributed by atoms with E-state index in [1.807, 2.05) is 19.3 Å². The van der Waals surface area contributed by atoms with Crippen LogP contribution >= 0.6 is 0 Å². The van der Waals surface area contributed by atoms with Gasteiger partial charge < -0.3 is 13.7 Å². The Bertz CT molecular complexity index is 730. The number of aryl methyl sites for hydroxylation is 1. The Balaban J connectivity index is 1.59. The topological polar surface area (TPSA) is 56.3 Å². The van der Waals surface area contributed by atoms with Crippen LogP contribution in [-0.2, 0) is 17.8 Å². The van der Waals surface area contributed by atoms with Crippen LogP contribution in [0.4, 0.5) is 0 Å². The summed E-state index contributed by atoms with van der Waals surface area (Å²) < 4.78 is 13.8. The van der Waals surface area contributed by atoms with Gasteiger partial charge in [0, 0.05) is 38.8 Å². The van der Waals surface area contributed by atoms with E-state index in [1.54, 1.807) is 0 Å². The molecule has 1 atom stereocenters. The van der Waals surface area contributed by atoms with Crippen molar-refractivity contribution in [2.75, 3.05) is 26.3 Å². The Morgan fingerprint density at radius 3 is 2.77 bits per heavy atom. The molecule has 2 aliphatic rings. The predicted octanol–water partition coefficient (Wildman–Crippen LogP) is 3.23. The van der Waals surface area contributed by atoms with Gasteiger partial charge in [0.25, 0.3) is 0 Å². The first-order chi connectivity index (χ1) is 12.6. The monoisotopic (exact) mass is 358 g/mol. The molecular weight excluding hydrogens is 328 g/mol. The maximum atomic E-state index is 5.82. The molecule has 26 heavy (non-hydrogen) atoms. The molecule has 6 heteroatoms. The fourth-order valence-electron chi connectivity index (χ4n) is 4.69. The molecule has 2 saturated heterocycles. The lowest BCUT2D eigenvalue weighted by Crippen LogP contribution is -2.37. The van der Waals surface area contributed by atoms with Gasteiger partial charge in [0.15, 0.2) is 0 Å². The molecule has 0 amide bonds. The minimum Gasteiger partial charge on any atom is -0.465 e. The molecule has 0 aliphatic carbocycles. The lowest BCUT2D eigenvalue weighted by molar-refractivity contribution is 0.0102. The molecule has 2 aromatic rings. The van der Waals surface area contributed by atoms with Gasteiger partial charge in [-0.15, -0.1) is 10.2 Å². The SMILES string of the molecule is Cc1ccc(CN2CC(c3nncn3CC(C)C)C3(CCOCC3)C2)o1. The lowest BCUT2D eigenvalue weighted by atomic mass is 9.71. The van der Waals surface area contributed by atoms with Gasteiger partial charge in [-0.3, -0.25) is 4.90 Å². The normalized spacial score (nSPS) is 23.3. The number of hydrogen-bond donors (Lipinski definition) is 0. The van der Waals surface area contributed by atoms with Crippen LogP contribution in [0.3, 0.4) is 0 Å². The van der Waals surface area contributed by atoms with Gasteiger partial charge in [-0.25, -0.2) is 0 Å². The van der Waals surface area contributed by atoms with Crippen LogP contribution in [-0.4, -0.2) is 46.0 Å². The van der Waals surface area contributed by atoms with Crippen LogP contribution in [0.15, 0.2) is 22.9 Å². The lowest BCUT2D eigenvalue weighted by Gasteiger charge is -2.37. The molecule has 6 nitrogen and oxygen atoms in total. The summed E-state index contributed by atoms with van der Waals surface area (Å²) >= 11 is 0. The van der Waals surface area contributed by atoms with Crippen molar-refractivity contribution < 1.29 is 9.15 Å². The van der Waals surface area contributed by atoms with Crippen molar-refractivity contribution in [3.63, 3.8) is 0 Å². The van der Waals surface area contributed by atoms with Crippen LogP contribution in [0.2, 0.25) is 0 Å². The molecule has 1 spiro atoms. The first-order valence-corrected chi connectivity index (χ1v) is 9.79. The van der Waals surface area contributed by atoms with Crippen LogP contribution in [0.25, 0.3) is 0 Å². The molecule has 2 aromatic heterocycles. The molecule has 4 heterocycles. The fraction of sp³-hybridized carbons (Fsp3) is 0.700. The van der Waals surface area contributed by atoms with Crippen molar-refractivity contribution in [3.8, 4) is 0 Å². The van der Waals surface area contributed by atoms with E-state index in [2.05, 4.69) is 39.6 Å². The molecule has 4 rings (SSSR count). The standard InChI is InChI=1S/C20H30N4O2/c1-15(2)10-24-14-21-22-19(24)18-12-23(11-17-5-4-16(3)26-17)13-20(18)6-8-25-9-7-20/h4-5,14-15,18H,6-13H2,1-3H3. The van der Waals surface area contributed by atoms with E-state index in [4.69, 9.17) is 9.15 Å². The molecule has 0 radical (unpaired) electrons. The number of aromatic nitrogens is 3. The minimum atomic E-state index is 0.238. The summed E-state index contributed by atoms with van der Waals surface area (Å²) in [7, 11) is 0. The average molecular weight is 358 g/mol. The molecule has 2 fully saturated rings. The summed E-state index contributed by atoms with van der Waals surface area (Å²) in [5.74, 6) is 4.17. The van der Waals surface area contributed by atoms with E-state index in [9.17, 15) is 0 Å². The number of likely N-dealkylation sites (tertiary alicyclic amines) is 1. The highest BCUT2D eigenvalue weighted by Gasteiger charge is 2.49. The van der Waals surface area contributed by atoms with Crippen LogP contribution in [0, 0.1) is 18.3 Å². The Kier molecular flexibility index (Phi) is 4.88. The quantitative estimate of drug-likeness (QED) is 0.821. The molecule has 0 saturated carbocycles. The van der Waals surface area contributed by atoms with Crippen LogP contribution in [0.5, 0.6) is 0 Å². The summed E-state index contributed by atoms with van der Waals surface area (Å²) in [6.07, 6.45) is 4.10. The smallest absolute Gasteiger partial charge is 0.137 e. The maximum absolute atomic E-state index is 5.82. The van der Waals surface area contributed by atoms with Gasteiger partial charge in [-0.05, 0) is 43.2 Å². The zero-order valence-electron chi connectivity index (χ0n) is 16.1. The Morgan fingerprint density at radius 1 is 1.27 bits per heavy atom. The molecule has 142 valence electrons. The number of furan rings is 1. The Hall–Kier alpha value is -1.66. The van der Waals surface area contributed by atoms with Crippen molar-refractivity contribution in [2.45, 2.75) is 52.6 Å². The van der Waals surface area contributed by atoms with E-state index in [-0.39, 0.29) is 5.41 Å². The van der Waals surface area contributed by atoms with Crippen LogP contribution < -0.4 is 0 Å². The molecule has 1 unspecified atom stereocenters. The molecule has 0 N–H and O–H groups in total. The van der Waals surface area contributed by atoms with Crippen molar-refractivity contribution >= 4 is 0 Å². The summed E-state index contributed by atoms with van der Waals surface area (Å²) in [5, 5.41) is 8.82. The summed E-state index contributed by atoms with van der Waals surface area (Å²) in [6.45, 7) is 12.1. The second kappa shape index (κ2) is 7.16. The number of ether oxygens (including phenoxy) is 1. The van der Waals surface area contributed by atoms with Gasteiger partial charge in [0.2, 0.25) is 0 Å². The van der Waals surface area contributed by atoms with Crippen molar-refractivity contribution in [1.29, 1.82) is 0 Å². The molecule has 0 bridgehead atoms. The van der Waals surface area contributed by atoms with E-state index >= 15 is 0 Å². The summed E-state index contributed by atoms with van der Waals surface area (Å²) in [5.41, 5.74) is 0.238. The fourth-order valence-corrected chi connectivity index (χ4v) is 4.69. The number of rotatable bonds is 5. The van der Waals surface area contributed by atoms with Crippen molar-refractivity contribution in [3.05, 3.63) is 35.8 Å². The third-order valence-electron chi connectivity index (χ3n) is 5.90. The summed E-state index contributed by atoms with van der Waals surface area (Å²) in [4.78, 5) is 2.53. The predicted molar refractivity (Wildman–Crippen MR) is 98.8 cm³/mol. The largest absolute Gasteiger partial charge is 0.465 e. The van der Waals surface area contributed by atoms with Gasteiger partial charge in [-0.2, -0.15) is 0 Å². The van der Waals surface area contributed by atoms with E-state index in [1.165, 1.54) is 0 Å². The summed E-state index contributed by atoms with van der Waals surface area (Å²) in [6, 6.07) is 4.15. The second-order valence-electron chi connectivity index (χ2n) is 8.44. The third kappa shape index (κ3) is 3.45. The van der Waals surface area contributed by atoms with Gasteiger partial charge in [0.05, 0.1) is 6.54 Å². The van der Waals surface area contributed by atoms with Crippen molar-refractivity contribution in [2.24, 2.45) is 11.3 Å². The molecular formula is C20H30N4O2. The third-order valence-corrected chi connectivity index (χ3v) is 5.90. The highest BCUT2D eigenvalue weighted by atomic mass is 16.5. The first kappa shape index (κ1) is 17.7. The second-order valence-corrected chi connectivity index (χ2v) is 8.44. The van der Waals surface area contributed by atoms with Gasteiger partial charge in [-0.1, -0.05) is 13.8 Å². The van der Waals surface area contributed by atoms with Gasteiger partial charge in [0.1, 0.15) is 23.7 Å². The zero-order valence-corrected chi connectivity index (χ0v) is 16.1. The maximum Gasteiger partial charge on any atom is 0.137 e. The number of hydrogen-bond acceptors (Lipinski definition) is 5. The van der Waals surface area contributed by atoms with E-state index in [0.717, 1.165) is 69.6 Å². The molecule has 2 aliphatic heterocycles. The Labute approximate surface area is 155 Å². The van der Waals surface area contributed by atoms with Crippen molar-refractivity contribution in [1.82, 2.24) is 19.7 Å². The highest BCUT2D eigenvalue weighted by Crippen LogP contribution is 2.49. The van der Waals surface area contributed by atoms with E-state index in [0.29, 0.717) is 11.8 Å². The minimum absolute atomic E-state index is 0.238. The molecule has 0 aromatic carbocycles. The zero-order chi connectivity index (χ0) is 18.1. The average Bonchev–Trinajstić information content (AvgIpc) is 3.28. The highest BCUT2D eigenvalue weighted by molar-refractivity contribution is 5.14.